The molecular weight excluding hydrogens is 265 g/mol. The van der Waals surface area contributed by atoms with Crippen LogP contribution in [-0.2, 0) is 16.2 Å². The van der Waals surface area contributed by atoms with E-state index in [1.54, 1.807) is 0 Å². The van der Waals surface area contributed by atoms with Crippen LogP contribution in [0.3, 0.4) is 0 Å². The molecule has 10 heteroatoms. The van der Waals surface area contributed by atoms with Crippen LogP contribution in [0.4, 0.5) is 18.9 Å². The molecule has 0 aromatic heterocycles. The summed E-state index contributed by atoms with van der Waals surface area (Å²) in [6.07, 6.45) is -5.04. The van der Waals surface area contributed by atoms with Gasteiger partial charge in [-0.1, -0.05) is 6.07 Å². The lowest BCUT2D eigenvalue weighted by Gasteiger charge is -2.09. The summed E-state index contributed by atoms with van der Waals surface area (Å²) in [7, 11) is -4.60. The predicted octanol–water partition coefficient (Wildman–Crippen LogP) is 1.26. The average Bonchev–Trinajstić information content (AvgIpc) is 2.13. The minimum absolute atomic E-state index is 0.410. The third-order valence-corrected chi connectivity index (χ3v) is 2.74. The number of halogens is 3. The summed E-state index contributed by atoms with van der Waals surface area (Å²) in [5, 5.41) is 15.1. The molecule has 0 atom stereocenters. The number of hydrogen-bond donors (Lipinski definition) is 1. The minimum atomic E-state index is -5.04. The maximum atomic E-state index is 12.4. The van der Waals surface area contributed by atoms with Crippen LogP contribution >= 0.6 is 0 Å². The van der Waals surface area contributed by atoms with Crippen molar-refractivity contribution in [3.63, 3.8) is 0 Å². The second-order valence-corrected chi connectivity index (χ2v) is 4.48. The van der Waals surface area contributed by atoms with Gasteiger partial charge in [0.05, 0.1) is 4.92 Å². The minimum Gasteiger partial charge on any atom is -0.258 e. The second kappa shape index (κ2) is 3.96. The van der Waals surface area contributed by atoms with Crippen molar-refractivity contribution in [2.24, 2.45) is 5.14 Å². The number of para-hydroxylation sites is 1. The Labute approximate surface area is 93.0 Å². The Bertz CT molecular complexity index is 567. The molecule has 0 heterocycles. The molecule has 2 N–H and O–H groups in total. The van der Waals surface area contributed by atoms with Crippen LogP contribution in [0.15, 0.2) is 23.1 Å². The standard InChI is InChI=1S/C7H5F3N2O4S/c8-7(9,10)4-2-1-3-5(17(11,15)16)6(4)12(13)14/h1-3H,(H2,11,15,16). The Hall–Kier alpha value is -1.68. The summed E-state index contributed by atoms with van der Waals surface area (Å²) in [6, 6.07) is 1.78. The molecule has 0 saturated heterocycles. The van der Waals surface area contributed by atoms with E-state index < -0.39 is 37.3 Å². The van der Waals surface area contributed by atoms with Crippen molar-refractivity contribution in [1.82, 2.24) is 0 Å². The van der Waals surface area contributed by atoms with Gasteiger partial charge in [-0.15, -0.1) is 0 Å². The van der Waals surface area contributed by atoms with Gasteiger partial charge >= 0.3 is 11.9 Å². The number of hydrogen-bond acceptors (Lipinski definition) is 4. The van der Waals surface area contributed by atoms with E-state index in [0.717, 1.165) is 6.07 Å². The maximum absolute atomic E-state index is 12.4. The highest BCUT2D eigenvalue weighted by Gasteiger charge is 2.41. The SMILES string of the molecule is NS(=O)(=O)c1cccc(C(F)(F)F)c1[N+](=O)[O-]. The first kappa shape index (κ1) is 13.4. The molecule has 94 valence electrons. The molecule has 0 amide bonds. The highest BCUT2D eigenvalue weighted by molar-refractivity contribution is 7.89. The highest BCUT2D eigenvalue weighted by Crippen LogP contribution is 2.38. The smallest absolute Gasteiger partial charge is 0.258 e. The zero-order valence-electron chi connectivity index (χ0n) is 7.93. The monoisotopic (exact) mass is 270 g/mol. The molecule has 0 spiro atoms. The summed E-state index contributed by atoms with van der Waals surface area (Å²) >= 11 is 0. The molecule has 6 nitrogen and oxygen atoms in total. The van der Waals surface area contributed by atoms with Gasteiger partial charge in [0, 0.05) is 0 Å². The number of nitrogens with two attached hydrogens (primary N) is 1. The fourth-order valence-corrected chi connectivity index (χ4v) is 1.89. The molecule has 0 aliphatic heterocycles. The molecule has 0 bridgehead atoms. The molecule has 1 rings (SSSR count). The molecule has 17 heavy (non-hydrogen) atoms. The Kier molecular flexibility index (Phi) is 3.12. The molecular formula is C7H5F3N2O4S. The summed E-state index contributed by atoms with van der Waals surface area (Å²) in [6.45, 7) is 0. The normalized spacial score (nSPS) is 12.5. The first-order chi connectivity index (χ1) is 7.55. The van der Waals surface area contributed by atoms with Crippen LogP contribution in [-0.4, -0.2) is 13.3 Å². The van der Waals surface area contributed by atoms with Crippen molar-refractivity contribution in [3.8, 4) is 0 Å². The molecule has 0 saturated carbocycles. The number of benzene rings is 1. The van der Waals surface area contributed by atoms with Crippen molar-refractivity contribution >= 4 is 15.7 Å². The Morgan fingerprint density at radius 1 is 1.29 bits per heavy atom. The molecule has 0 fully saturated rings. The van der Waals surface area contributed by atoms with E-state index in [4.69, 9.17) is 0 Å². The van der Waals surface area contributed by atoms with Gasteiger partial charge in [-0.25, -0.2) is 13.6 Å². The number of sulfonamides is 1. The van der Waals surface area contributed by atoms with Gasteiger partial charge < -0.3 is 0 Å². The van der Waals surface area contributed by atoms with Crippen molar-refractivity contribution in [3.05, 3.63) is 33.9 Å². The van der Waals surface area contributed by atoms with Crippen molar-refractivity contribution in [1.29, 1.82) is 0 Å². The van der Waals surface area contributed by atoms with Gasteiger partial charge in [0.2, 0.25) is 10.0 Å². The van der Waals surface area contributed by atoms with Crippen LogP contribution in [0.5, 0.6) is 0 Å². The number of primary sulfonamides is 1. The number of rotatable bonds is 2. The fourth-order valence-electron chi connectivity index (χ4n) is 1.17. The fraction of sp³-hybridized carbons (Fsp3) is 0.143. The van der Waals surface area contributed by atoms with Crippen molar-refractivity contribution in [2.45, 2.75) is 11.1 Å². The topological polar surface area (TPSA) is 103 Å². The van der Waals surface area contributed by atoms with Gasteiger partial charge in [0.25, 0.3) is 0 Å². The van der Waals surface area contributed by atoms with E-state index >= 15 is 0 Å². The lowest BCUT2D eigenvalue weighted by Crippen LogP contribution is -2.17. The van der Waals surface area contributed by atoms with E-state index in [1.165, 1.54) is 0 Å². The Morgan fingerprint density at radius 2 is 1.82 bits per heavy atom. The van der Waals surface area contributed by atoms with Crippen LogP contribution in [0.25, 0.3) is 0 Å². The van der Waals surface area contributed by atoms with E-state index in [2.05, 4.69) is 5.14 Å². The average molecular weight is 270 g/mol. The largest absolute Gasteiger partial charge is 0.423 e. The first-order valence-corrected chi connectivity index (χ1v) is 5.47. The highest BCUT2D eigenvalue weighted by atomic mass is 32.2. The van der Waals surface area contributed by atoms with E-state index in [0.29, 0.717) is 12.1 Å². The Morgan fingerprint density at radius 3 is 2.18 bits per heavy atom. The van der Waals surface area contributed by atoms with Gasteiger partial charge in [0.15, 0.2) is 4.90 Å². The zero-order chi connectivity index (χ0) is 13.4. The van der Waals surface area contributed by atoms with Gasteiger partial charge in [-0.3, -0.25) is 10.1 Å². The van der Waals surface area contributed by atoms with E-state index in [1.807, 2.05) is 0 Å². The summed E-state index contributed by atoms with van der Waals surface area (Å²) in [5.41, 5.74) is -3.23. The molecule has 1 aromatic carbocycles. The van der Waals surface area contributed by atoms with E-state index in [-0.39, 0.29) is 0 Å². The number of nitro benzene ring substituents is 1. The van der Waals surface area contributed by atoms with E-state index in [9.17, 15) is 31.7 Å². The van der Waals surface area contributed by atoms with Crippen LogP contribution in [0.2, 0.25) is 0 Å². The third kappa shape index (κ3) is 2.71. The number of alkyl halides is 3. The molecule has 0 radical (unpaired) electrons. The quantitative estimate of drug-likeness (QED) is 0.645. The molecule has 0 aliphatic rings. The number of nitrogens with zero attached hydrogens (tertiary/aromatic N) is 1. The third-order valence-electron chi connectivity index (χ3n) is 1.79. The zero-order valence-corrected chi connectivity index (χ0v) is 8.75. The van der Waals surface area contributed by atoms with Crippen molar-refractivity contribution < 1.29 is 26.5 Å². The lowest BCUT2D eigenvalue weighted by molar-refractivity contribution is -0.391. The van der Waals surface area contributed by atoms with Gasteiger partial charge in [-0.05, 0) is 12.1 Å². The lowest BCUT2D eigenvalue weighted by atomic mass is 10.2. The molecule has 0 aliphatic carbocycles. The summed E-state index contributed by atoms with van der Waals surface area (Å²) in [4.78, 5) is 7.92. The van der Waals surface area contributed by atoms with Crippen LogP contribution in [0, 0.1) is 10.1 Å². The summed E-state index contributed by atoms with van der Waals surface area (Å²) in [5.74, 6) is 0. The Balaban J connectivity index is 3.73. The van der Waals surface area contributed by atoms with Crippen molar-refractivity contribution in [2.75, 3.05) is 0 Å². The number of nitro groups is 1. The van der Waals surface area contributed by atoms with Gasteiger partial charge in [-0.2, -0.15) is 13.2 Å². The molecule has 0 unspecified atom stereocenters. The predicted molar refractivity (Wildman–Crippen MR) is 49.5 cm³/mol. The summed E-state index contributed by atoms with van der Waals surface area (Å²) < 4.78 is 59.2. The van der Waals surface area contributed by atoms with Crippen LogP contribution < -0.4 is 5.14 Å². The molecule has 1 aromatic rings. The maximum Gasteiger partial charge on any atom is 0.423 e. The first-order valence-electron chi connectivity index (χ1n) is 3.92. The van der Waals surface area contributed by atoms with Gasteiger partial charge in [0.1, 0.15) is 5.56 Å². The van der Waals surface area contributed by atoms with Crippen LogP contribution in [0.1, 0.15) is 5.56 Å². The second-order valence-electron chi connectivity index (χ2n) is 2.95.